The number of hydrazone groups is 1. The summed E-state index contributed by atoms with van der Waals surface area (Å²) in [4.78, 5) is 24.5. The third-order valence-corrected chi connectivity index (χ3v) is 5.44. The monoisotopic (exact) mass is 557 g/mol. The molecule has 0 saturated carbocycles. The van der Waals surface area contributed by atoms with Gasteiger partial charge in [-0.3, -0.25) is 9.59 Å². The minimum Gasteiger partial charge on any atom is -0.483 e. The highest BCUT2D eigenvalue weighted by molar-refractivity contribution is 9.11. The summed E-state index contributed by atoms with van der Waals surface area (Å²) in [7, 11) is 0. The van der Waals surface area contributed by atoms with Gasteiger partial charge < -0.3 is 10.1 Å². The molecule has 8 heteroatoms. The van der Waals surface area contributed by atoms with Crippen molar-refractivity contribution in [1.82, 2.24) is 5.43 Å². The fraction of sp³-hybridized carbons (Fsp3) is 0.125. The Bertz CT molecular complexity index is 1130. The number of rotatable bonds is 8. The van der Waals surface area contributed by atoms with Gasteiger partial charge in [0, 0.05) is 21.4 Å². The first-order valence-corrected chi connectivity index (χ1v) is 11.3. The summed E-state index contributed by atoms with van der Waals surface area (Å²) in [5.41, 5.74) is 5.54. The van der Waals surface area contributed by atoms with Crippen LogP contribution in [0.2, 0.25) is 0 Å². The molecule has 0 aromatic heterocycles. The van der Waals surface area contributed by atoms with Crippen LogP contribution in [-0.4, -0.2) is 24.1 Å². The van der Waals surface area contributed by atoms with E-state index in [-0.39, 0.29) is 18.9 Å². The smallest absolute Gasteiger partial charge is 0.277 e. The molecule has 0 unspecified atom stereocenters. The Kier molecular flexibility index (Phi) is 8.58. The number of hydrogen-bond donors (Lipinski definition) is 2. The number of anilines is 1. The molecular formula is C24H21Br2N3O3. The van der Waals surface area contributed by atoms with Gasteiger partial charge in [0.25, 0.3) is 5.91 Å². The lowest BCUT2D eigenvalue weighted by atomic mass is 10.0. The van der Waals surface area contributed by atoms with Gasteiger partial charge in [-0.25, -0.2) is 5.43 Å². The number of ether oxygens (including phenoxy) is 1. The van der Waals surface area contributed by atoms with Crippen molar-refractivity contribution in [3.63, 3.8) is 0 Å². The van der Waals surface area contributed by atoms with E-state index >= 15 is 0 Å². The number of amides is 2. The minimum atomic E-state index is -0.422. The average Bonchev–Trinajstić information content (AvgIpc) is 2.78. The molecular weight excluding hydrogens is 538 g/mol. The van der Waals surface area contributed by atoms with Gasteiger partial charge in [-0.1, -0.05) is 64.5 Å². The Morgan fingerprint density at radius 3 is 2.41 bits per heavy atom. The number of carbonyl (C=O) groups excluding carboxylic acids is 2. The van der Waals surface area contributed by atoms with Crippen molar-refractivity contribution in [2.45, 2.75) is 13.3 Å². The summed E-state index contributed by atoms with van der Waals surface area (Å²) >= 11 is 6.73. The van der Waals surface area contributed by atoms with Crippen molar-refractivity contribution >= 4 is 55.1 Å². The van der Waals surface area contributed by atoms with Crippen molar-refractivity contribution in [3.8, 4) is 16.9 Å². The molecule has 3 aromatic rings. The van der Waals surface area contributed by atoms with Crippen LogP contribution in [0.15, 0.2) is 86.8 Å². The van der Waals surface area contributed by atoms with E-state index in [1.54, 1.807) is 13.0 Å². The van der Waals surface area contributed by atoms with Crippen LogP contribution in [0.5, 0.6) is 5.75 Å². The van der Waals surface area contributed by atoms with E-state index in [0.717, 1.165) is 20.1 Å². The molecule has 2 N–H and O–H groups in total. The SMILES string of the molecule is C/C(CC(=O)Nc1ccccc1-c1ccccc1)=N\NC(=O)COc1ccc(Br)cc1Br. The van der Waals surface area contributed by atoms with Crippen LogP contribution in [0.25, 0.3) is 11.1 Å². The number of halogens is 2. The van der Waals surface area contributed by atoms with Gasteiger partial charge in [0.1, 0.15) is 5.75 Å². The van der Waals surface area contributed by atoms with Crippen molar-refractivity contribution in [2.24, 2.45) is 5.10 Å². The zero-order valence-corrected chi connectivity index (χ0v) is 20.4. The average molecular weight is 559 g/mol. The maximum atomic E-state index is 12.5. The van der Waals surface area contributed by atoms with E-state index in [9.17, 15) is 9.59 Å². The quantitative estimate of drug-likeness (QED) is 0.272. The van der Waals surface area contributed by atoms with E-state index in [4.69, 9.17) is 4.74 Å². The molecule has 0 aliphatic heterocycles. The third kappa shape index (κ3) is 7.03. The van der Waals surface area contributed by atoms with Gasteiger partial charge in [-0.2, -0.15) is 5.10 Å². The van der Waals surface area contributed by atoms with Gasteiger partial charge in [0.05, 0.1) is 10.9 Å². The lowest BCUT2D eigenvalue weighted by Crippen LogP contribution is -2.26. The molecule has 0 bridgehead atoms. The number of hydrogen-bond acceptors (Lipinski definition) is 4. The second-order valence-corrected chi connectivity index (χ2v) is 8.65. The molecule has 0 fully saturated rings. The van der Waals surface area contributed by atoms with E-state index in [1.807, 2.05) is 66.7 Å². The second kappa shape index (κ2) is 11.6. The van der Waals surface area contributed by atoms with Crippen molar-refractivity contribution in [3.05, 3.63) is 81.7 Å². The molecule has 0 saturated heterocycles. The largest absolute Gasteiger partial charge is 0.483 e. The predicted molar refractivity (Wildman–Crippen MR) is 134 cm³/mol. The van der Waals surface area contributed by atoms with Crippen LogP contribution < -0.4 is 15.5 Å². The number of nitrogens with one attached hydrogen (secondary N) is 2. The van der Waals surface area contributed by atoms with Crippen LogP contribution in [0.4, 0.5) is 5.69 Å². The lowest BCUT2D eigenvalue weighted by molar-refractivity contribution is -0.123. The van der Waals surface area contributed by atoms with Gasteiger partial charge in [-0.15, -0.1) is 0 Å². The summed E-state index contributed by atoms with van der Waals surface area (Å²) < 4.78 is 7.10. The Morgan fingerprint density at radius 1 is 0.938 bits per heavy atom. The first-order chi connectivity index (χ1) is 15.4. The summed E-state index contributed by atoms with van der Waals surface area (Å²) in [6, 6.07) is 22.8. The minimum absolute atomic E-state index is 0.0442. The Balaban J connectivity index is 1.52. The third-order valence-electron chi connectivity index (χ3n) is 4.33. The van der Waals surface area contributed by atoms with Crippen molar-refractivity contribution in [1.29, 1.82) is 0 Å². The molecule has 0 atom stereocenters. The Hall–Kier alpha value is -2.97. The molecule has 0 radical (unpaired) electrons. The first kappa shape index (κ1) is 23.7. The van der Waals surface area contributed by atoms with E-state index in [0.29, 0.717) is 17.1 Å². The Labute approximate surface area is 203 Å². The van der Waals surface area contributed by atoms with E-state index in [1.165, 1.54) is 0 Å². The van der Waals surface area contributed by atoms with Crippen molar-refractivity contribution in [2.75, 3.05) is 11.9 Å². The van der Waals surface area contributed by atoms with Gasteiger partial charge in [-0.05, 0) is 52.7 Å². The summed E-state index contributed by atoms with van der Waals surface area (Å²) in [6.07, 6.45) is 0.0442. The van der Waals surface area contributed by atoms with Crippen molar-refractivity contribution < 1.29 is 14.3 Å². The van der Waals surface area contributed by atoms with Crippen LogP contribution >= 0.6 is 31.9 Å². The fourth-order valence-corrected chi connectivity index (χ4v) is 4.01. The molecule has 6 nitrogen and oxygen atoms in total. The number of nitrogens with zero attached hydrogens (tertiary/aromatic N) is 1. The zero-order valence-electron chi connectivity index (χ0n) is 17.3. The summed E-state index contributed by atoms with van der Waals surface area (Å²) in [6.45, 7) is 1.47. The maximum Gasteiger partial charge on any atom is 0.277 e. The number of carbonyl (C=O) groups is 2. The lowest BCUT2D eigenvalue weighted by Gasteiger charge is -2.11. The topological polar surface area (TPSA) is 79.8 Å². The highest BCUT2D eigenvalue weighted by Crippen LogP contribution is 2.28. The zero-order chi connectivity index (χ0) is 22.9. The highest BCUT2D eigenvalue weighted by Gasteiger charge is 2.10. The molecule has 0 aliphatic rings. The molecule has 0 aliphatic carbocycles. The molecule has 0 heterocycles. The normalized spacial score (nSPS) is 11.0. The van der Waals surface area contributed by atoms with Gasteiger partial charge >= 0.3 is 0 Å². The standard InChI is InChI=1S/C24H21Br2N3O3/c1-16(28-29-24(31)15-32-22-12-11-18(25)14-20(22)26)13-23(30)27-21-10-6-5-9-19(21)17-7-3-2-4-8-17/h2-12,14H,13,15H2,1H3,(H,27,30)(H,29,31)/b28-16+. The second-order valence-electron chi connectivity index (χ2n) is 6.88. The van der Waals surface area contributed by atoms with E-state index in [2.05, 4.69) is 47.7 Å². The molecule has 3 aromatic carbocycles. The number of para-hydroxylation sites is 1. The summed E-state index contributed by atoms with van der Waals surface area (Å²) in [5.74, 6) is -0.103. The van der Waals surface area contributed by atoms with Crippen LogP contribution in [0, 0.1) is 0 Å². The Morgan fingerprint density at radius 2 is 1.66 bits per heavy atom. The van der Waals surface area contributed by atoms with Crippen LogP contribution in [0.1, 0.15) is 13.3 Å². The molecule has 32 heavy (non-hydrogen) atoms. The van der Waals surface area contributed by atoms with Gasteiger partial charge in [0.15, 0.2) is 6.61 Å². The van der Waals surface area contributed by atoms with Gasteiger partial charge in [0.2, 0.25) is 5.91 Å². The summed E-state index contributed by atoms with van der Waals surface area (Å²) in [5, 5.41) is 6.91. The predicted octanol–water partition coefficient (Wildman–Crippen LogP) is 5.78. The van der Waals surface area contributed by atoms with Crippen LogP contribution in [0.3, 0.4) is 0 Å². The first-order valence-electron chi connectivity index (χ1n) is 9.76. The molecule has 0 spiro atoms. The molecule has 3 rings (SSSR count). The molecule has 2 amide bonds. The number of benzene rings is 3. The van der Waals surface area contributed by atoms with E-state index < -0.39 is 5.91 Å². The maximum absolute atomic E-state index is 12.5. The highest BCUT2D eigenvalue weighted by atomic mass is 79.9. The fourth-order valence-electron chi connectivity index (χ4n) is 2.85. The molecule has 164 valence electrons. The van der Waals surface area contributed by atoms with Crippen LogP contribution in [-0.2, 0) is 9.59 Å².